The first kappa shape index (κ1) is 34.2. The number of aliphatic hydroxyl groups excluding tert-OH is 1. The van der Waals surface area contributed by atoms with Gasteiger partial charge in [0.2, 0.25) is 0 Å². The van der Waals surface area contributed by atoms with Crippen LogP contribution in [0.4, 0.5) is 0 Å². The molecule has 2 amide bonds. The number of nitrogens with one attached hydrogen (secondary N) is 2. The number of aryl methyl sites for hydroxylation is 1. The van der Waals surface area contributed by atoms with Crippen LogP contribution in [0.3, 0.4) is 0 Å². The molecular weight excluding hydrogens is 637 g/mol. The lowest BCUT2D eigenvalue weighted by Gasteiger charge is -2.26. The van der Waals surface area contributed by atoms with E-state index in [1.807, 2.05) is 59.9 Å². The Morgan fingerprint density at radius 2 is 1.86 bits per heavy atom. The molecule has 1 saturated heterocycles. The number of aromatic nitrogens is 3. The van der Waals surface area contributed by atoms with Gasteiger partial charge in [0, 0.05) is 59.8 Å². The second-order valence-corrected chi connectivity index (χ2v) is 13.8. The van der Waals surface area contributed by atoms with Crippen molar-refractivity contribution in [2.24, 2.45) is 0 Å². The van der Waals surface area contributed by atoms with Crippen molar-refractivity contribution in [3.63, 3.8) is 0 Å². The molecule has 1 aliphatic rings. The van der Waals surface area contributed by atoms with E-state index in [9.17, 15) is 14.7 Å². The monoisotopic (exact) mass is 678 g/mol. The molecule has 1 aliphatic heterocycles. The zero-order valence-corrected chi connectivity index (χ0v) is 28.8. The van der Waals surface area contributed by atoms with E-state index in [1.165, 1.54) is 6.39 Å². The van der Waals surface area contributed by atoms with Crippen LogP contribution in [0.25, 0.3) is 11.3 Å². The van der Waals surface area contributed by atoms with E-state index in [0.717, 1.165) is 40.2 Å². The summed E-state index contributed by atoms with van der Waals surface area (Å²) in [6.45, 7) is 7.58. The van der Waals surface area contributed by atoms with Crippen LogP contribution in [0, 0.1) is 6.92 Å². The Hall–Kier alpha value is -4.71. The van der Waals surface area contributed by atoms with E-state index in [0.29, 0.717) is 42.3 Å². The van der Waals surface area contributed by atoms with Gasteiger partial charge in [0.25, 0.3) is 11.8 Å². The molecule has 0 spiro atoms. The number of nitrogens with zero attached hydrogens (tertiary/aromatic N) is 4. The molecule has 0 radical (unpaired) electrons. The van der Waals surface area contributed by atoms with Crippen molar-refractivity contribution in [2.45, 2.75) is 70.7 Å². The highest BCUT2D eigenvalue weighted by Gasteiger charge is 2.33. The molecule has 49 heavy (non-hydrogen) atoms. The van der Waals surface area contributed by atoms with Crippen molar-refractivity contribution in [1.29, 1.82) is 0 Å². The zero-order chi connectivity index (χ0) is 34.3. The Bertz CT molecular complexity index is 1860. The van der Waals surface area contributed by atoms with Crippen LogP contribution in [0.2, 0.25) is 0 Å². The number of aliphatic hydroxyl groups is 1. The number of carbonyl (C=O) groups is 2. The fourth-order valence-electron chi connectivity index (χ4n) is 6.17. The Kier molecular flexibility index (Phi) is 10.9. The summed E-state index contributed by atoms with van der Waals surface area (Å²) in [6.07, 6.45) is 7.78. The minimum Gasteiger partial charge on any atom is -0.444 e. The highest BCUT2D eigenvalue weighted by molar-refractivity contribution is 7.09. The lowest BCUT2D eigenvalue weighted by Crippen LogP contribution is -2.48. The van der Waals surface area contributed by atoms with E-state index in [-0.39, 0.29) is 24.1 Å². The first-order chi connectivity index (χ1) is 23.7. The van der Waals surface area contributed by atoms with Gasteiger partial charge in [-0.1, -0.05) is 50.2 Å². The van der Waals surface area contributed by atoms with Gasteiger partial charge in [0.1, 0.15) is 5.01 Å². The molecular formula is C38H42N6O4S. The molecule has 11 heteroatoms. The van der Waals surface area contributed by atoms with Crippen LogP contribution in [0.5, 0.6) is 0 Å². The SMILES string of the molecule is Cc1csc([C@H]2CCCN2C(=O)c2cc(C(=O)N[C@@H](Cc3ccccc3)[C@H](O)CNCc3cncc(C(C)C)c3)cc(-c3cnco3)c2)n1. The molecule has 5 aromatic rings. The summed E-state index contributed by atoms with van der Waals surface area (Å²) in [4.78, 5) is 43.0. The topological polar surface area (TPSA) is 133 Å². The van der Waals surface area contributed by atoms with E-state index in [1.54, 1.807) is 35.7 Å². The second-order valence-electron chi connectivity index (χ2n) is 12.9. The van der Waals surface area contributed by atoms with Crippen molar-refractivity contribution in [2.75, 3.05) is 13.1 Å². The maximum absolute atomic E-state index is 14.1. The number of hydrogen-bond donors (Lipinski definition) is 3. The first-order valence-corrected chi connectivity index (χ1v) is 17.6. The number of benzene rings is 2. The number of thiazole rings is 1. The summed E-state index contributed by atoms with van der Waals surface area (Å²) >= 11 is 1.56. The third kappa shape index (κ3) is 8.48. The summed E-state index contributed by atoms with van der Waals surface area (Å²) in [5.41, 5.74) is 5.31. The Labute approximate surface area is 290 Å². The summed E-state index contributed by atoms with van der Waals surface area (Å²) in [6, 6.07) is 16.2. The van der Waals surface area contributed by atoms with E-state index in [4.69, 9.17) is 4.42 Å². The minimum atomic E-state index is -0.906. The van der Waals surface area contributed by atoms with E-state index >= 15 is 0 Å². The van der Waals surface area contributed by atoms with Gasteiger partial charge >= 0.3 is 0 Å². The average Bonchev–Trinajstić information content (AvgIpc) is 3.91. The summed E-state index contributed by atoms with van der Waals surface area (Å²) in [5, 5.41) is 20.8. The molecule has 3 atom stereocenters. The maximum atomic E-state index is 14.1. The summed E-state index contributed by atoms with van der Waals surface area (Å²) < 4.78 is 5.58. The predicted molar refractivity (Wildman–Crippen MR) is 189 cm³/mol. The van der Waals surface area contributed by atoms with Crippen LogP contribution in [0.1, 0.15) is 86.8 Å². The lowest BCUT2D eigenvalue weighted by atomic mass is 9.99. The second kappa shape index (κ2) is 15.7. The van der Waals surface area contributed by atoms with Gasteiger partial charge in [-0.25, -0.2) is 9.97 Å². The highest BCUT2D eigenvalue weighted by Crippen LogP contribution is 2.35. The molecule has 10 nitrogen and oxygen atoms in total. The lowest BCUT2D eigenvalue weighted by molar-refractivity contribution is 0.0735. The number of likely N-dealkylation sites (tertiary alicyclic amines) is 1. The van der Waals surface area contributed by atoms with E-state index < -0.39 is 18.1 Å². The smallest absolute Gasteiger partial charge is 0.254 e. The van der Waals surface area contributed by atoms with Gasteiger partial charge in [-0.05, 0) is 67.0 Å². The van der Waals surface area contributed by atoms with Crippen molar-refractivity contribution in [3.8, 4) is 11.3 Å². The summed E-state index contributed by atoms with van der Waals surface area (Å²) in [7, 11) is 0. The molecule has 0 saturated carbocycles. The quantitative estimate of drug-likeness (QED) is 0.136. The number of carbonyl (C=O) groups excluding carboxylic acids is 2. The van der Waals surface area contributed by atoms with Crippen molar-refractivity contribution in [1.82, 2.24) is 30.5 Å². The third-order valence-corrected chi connectivity index (χ3v) is 9.90. The largest absolute Gasteiger partial charge is 0.444 e. The molecule has 6 rings (SSSR count). The van der Waals surface area contributed by atoms with Gasteiger partial charge < -0.3 is 25.1 Å². The normalized spacial score (nSPS) is 15.8. The minimum absolute atomic E-state index is 0.112. The molecule has 254 valence electrons. The van der Waals surface area contributed by atoms with Crippen molar-refractivity contribution in [3.05, 3.63) is 123 Å². The van der Waals surface area contributed by atoms with Crippen LogP contribution >= 0.6 is 11.3 Å². The molecule has 0 aliphatic carbocycles. The third-order valence-electron chi connectivity index (χ3n) is 8.84. The van der Waals surface area contributed by atoms with Crippen LogP contribution in [-0.4, -0.2) is 62.0 Å². The molecule has 4 heterocycles. The van der Waals surface area contributed by atoms with Crippen LogP contribution < -0.4 is 10.6 Å². The Morgan fingerprint density at radius 1 is 1.04 bits per heavy atom. The fourth-order valence-corrected chi connectivity index (χ4v) is 7.11. The molecule has 0 unspecified atom stereocenters. The fraction of sp³-hybridized carbons (Fsp3) is 0.342. The van der Waals surface area contributed by atoms with E-state index in [2.05, 4.69) is 45.5 Å². The Balaban J connectivity index is 1.23. The predicted octanol–water partition coefficient (Wildman–Crippen LogP) is 6.09. The van der Waals surface area contributed by atoms with Gasteiger partial charge in [0.15, 0.2) is 12.2 Å². The zero-order valence-electron chi connectivity index (χ0n) is 28.0. The molecule has 3 N–H and O–H groups in total. The van der Waals surface area contributed by atoms with Crippen molar-refractivity contribution >= 4 is 23.2 Å². The molecule has 2 aromatic carbocycles. The number of rotatable bonds is 13. The summed E-state index contributed by atoms with van der Waals surface area (Å²) in [5.74, 6) is 0.226. The number of hydrogen-bond acceptors (Lipinski definition) is 9. The molecule has 3 aromatic heterocycles. The number of amides is 2. The number of pyridine rings is 1. The standard InChI is InChI=1S/C38H42N6O4S/c1-24(2)31-12-27(17-39-19-31)18-40-20-34(45)32(13-26-8-5-4-6-9-26)43-36(46)29-14-28(35-21-41-23-48-35)15-30(16-29)38(47)44-11-7-10-33(44)37-42-25(3)22-49-37/h4-6,8-9,12,14-17,19,21-24,32-34,40,45H,7,10-11,13,18,20H2,1-3H3,(H,43,46)/t32-,33+,34+/m0/s1. The molecule has 0 bridgehead atoms. The maximum Gasteiger partial charge on any atom is 0.254 e. The number of oxazole rings is 1. The van der Waals surface area contributed by atoms with Crippen LogP contribution in [-0.2, 0) is 13.0 Å². The van der Waals surface area contributed by atoms with Gasteiger partial charge in [-0.2, -0.15) is 0 Å². The van der Waals surface area contributed by atoms with Gasteiger partial charge in [0.05, 0.1) is 24.4 Å². The van der Waals surface area contributed by atoms with Crippen molar-refractivity contribution < 1.29 is 19.1 Å². The van der Waals surface area contributed by atoms with Gasteiger partial charge in [-0.3, -0.25) is 14.6 Å². The first-order valence-electron chi connectivity index (χ1n) is 16.7. The molecule has 1 fully saturated rings. The average molecular weight is 679 g/mol. The van der Waals surface area contributed by atoms with Gasteiger partial charge in [-0.15, -0.1) is 11.3 Å². The Morgan fingerprint density at radius 3 is 2.59 bits per heavy atom. The van der Waals surface area contributed by atoms with Crippen LogP contribution in [0.15, 0.2) is 89.4 Å². The highest BCUT2D eigenvalue weighted by atomic mass is 32.1.